The number of hydrogen-bond donors (Lipinski definition) is 1. The summed E-state index contributed by atoms with van der Waals surface area (Å²) < 4.78 is 5.74. The van der Waals surface area contributed by atoms with Gasteiger partial charge in [-0.3, -0.25) is 4.90 Å². The quantitative estimate of drug-likeness (QED) is 0.882. The molecule has 0 amide bonds. The molecule has 0 aliphatic carbocycles. The minimum Gasteiger partial charge on any atom is -0.377 e. The van der Waals surface area contributed by atoms with Gasteiger partial charge in [-0.15, -0.1) is 0 Å². The van der Waals surface area contributed by atoms with Crippen LogP contribution in [0.4, 0.5) is 0 Å². The van der Waals surface area contributed by atoms with Crippen LogP contribution in [0.5, 0.6) is 0 Å². The zero-order valence-electron chi connectivity index (χ0n) is 11.7. The van der Waals surface area contributed by atoms with E-state index in [0.29, 0.717) is 18.2 Å². The van der Waals surface area contributed by atoms with Gasteiger partial charge in [-0.05, 0) is 38.4 Å². The number of nitrogens with one attached hydrogen (secondary N) is 1. The third-order valence-electron chi connectivity index (χ3n) is 4.44. The summed E-state index contributed by atoms with van der Waals surface area (Å²) >= 11 is 0. The monoisotopic (exact) mass is 260 g/mol. The van der Waals surface area contributed by atoms with Gasteiger partial charge in [-0.1, -0.05) is 30.3 Å². The Morgan fingerprint density at radius 2 is 2.11 bits per heavy atom. The van der Waals surface area contributed by atoms with Crippen LogP contribution < -0.4 is 5.32 Å². The zero-order chi connectivity index (χ0) is 13.1. The lowest BCUT2D eigenvalue weighted by Gasteiger charge is -2.31. The topological polar surface area (TPSA) is 24.5 Å². The van der Waals surface area contributed by atoms with Crippen molar-refractivity contribution in [2.24, 2.45) is 0 Å². The first-order chi connectivity index (χ1) is 9.34. The SMILES string of the molecule is CC1OCCC1N1CCCNC(c2ccccc2)C1. The summed E-state index contributed by atoms with van der Waals surface area (Å²) in [6.07, 6.45) is 2.80. The van der Waals surface area contributed by atoms with Crippen molar-refractivity contribution in [2.45, 2.75) is 38.0 Å². The highest BCUT2D eigenvalue weighted by Gasteiger charge is 2.32. The lowest BCUT2D eigenvalue weighted by Crippen LogP contribution is -2.42. The fourth-order valence-electron chi connectivity index (χ4n) is 3.36. The van der Waals surface area contributed by atoms with Crippen LogP contribution in [0.15, 0.2) is 30.3 Å². The molecule has 104 valence electrons. The number of benzene rings is 1. The normalized spacial score (nSPS) is 33.2. The van der Waals surface area contributed by atoms with E-state index in [1.807, 2.05) is 0 Å². The molecule has 2 aliphatic heterocycles. The summed E-state index contributed by atoms with van der Waals surface area (Å²) in [5.74, 6) is 0. The molecule has 3 atom stereocenters. The lowest BCUT2D eigenvalue weighted by molar-refractivity contribution is 0.0732. The predicted octanol–water partition coefficient (Wildman–Crippen LogP) is 2.20. The van der Waals surface area contributed by atoms with E-state index in [4.69, 9.17) is 4.74 Å². The van der Waals surface area contributed by atoms with Crippen molar-refractivity contribution in [1.29, 1.82) is 0 Å². The van der Waals surface area contributed by atoms with Gasteiger partial charge < -0.3 is 10.1 Å². The summed E-state index contributed by atoms with van der Waals surface area (Å²) in [6.45, 7) is 6.54. The van der Waals surface area contributed by atoms with Crippen molar-refractivity contribution in [2.75, 3.05) is 26.2 Å². The van der Waals surface area contributed by atoms with Crippen LogP contribution in [0.1, 0.15) is 31.4 Å². The molecule has 0 radical (unpaired) electrons. The first-order valence-corrected chi connectivity index (χ1v) is 7.48. The first kappa shape index (κ1) is 13.1. The second kappa shape index (κ2) is 6.04. The molecule has 0 spiro atoms. The van der Waals surface area contributed by atoms with Gasteiger partial charge in [0, 0.05) is 25.2 Å². The molecule has 1 N–H and O–H groups in total. The Morgan fingerprint density at radius 3 is 2.84 bits per heavy atom. The van der Waals surface area contributed by atoms with Crippen LogP contribution in [0, 0.1) is 0 Å². The second-order valence-electron chi connectivity index (χ2n) is 5.70. The Hall–Kier alpha value is -0.900. The van der Waals surface area contributed by atoms with Crippen molar-refractivity contribution in [1.82, 2.24) is 10.2 Å². The van der Waals surface area contributed by atoms with E-state index in [0.717, 1.165) is 19.7 Å². The highest BCUT2D eigenvalue weighted by molar-refractivity contribution is 5.19. The maximum Gasteiger partial charge on any atom is 0.0703 e. The number of rotatable bonds is 2. The Morgan fingerprint density at radius 1 is 1.26 bits per heavy atom. The number of nitrogens with zero attached hydrogens (tertiary/aromatic N) is 1. The third-order valence-corrected chi connectivity index (χ3v) is 4.44. The number of ether oxygens (including phenoxy) is 1. The van der Waals surface area contributed by atoms with E-state index in [-0.39, 0.29) is 0 Å². The molecule has 0 bridgehead atoms. The summed E-state index contributed by atoms with van der Waals surface area (Å²) in [5, 5.41) is 3.68. The largest absolute Gasteiger partial charge is 0.377 e. The molecule has 3 nitrogen and oxygen atoms in total. The third kappa shape index (κ3) is 2.99. The van der Waals surface area contributed by atoms with Gasteiger partial charge in [0.05, 0.1) is 6.10 Å². The Bertz CT molecular complexity index is 395. The predicted molar refractivity (Wildman–Crippen MR) is 77.2 cm³/mol. The lowest BCUT2D eigenvalue weighted by atomic mass is 10.0. The van der Waals surface area contributed by atoms with Gasteiger partial charge in [0.15, 0.2) is 0 Å². The Kier molecular flexibility index (Phi) is 4.16. The van der Waals surface area contributed by atoms with E-state index < -0.39 is 0 Å². The molecule has 3 rings (SSSR count). The molecule has 3 unspecified atom stereocenters. The Labute approximate surface area is 115 Å². The van der Waals surface area contributed by atoms with E-state index in [9.17, 15) is 0 Å². The molecule has 0 aromatic heterocycles. The fourth-order valence-corrected chi connectivity index (χ4v) is 3.36. The molecular formula is C16H24N2O. The van der Waals surface area contributed by atoms with E-state index >= 15 is 0 Å². The van der Waals surface area contributed by atoms with E-state index in [1.165, 1.54) is 24.9 Å². The molecule has 2 saturated heterocycles. The average Bonchev–Trinajstić information content (AvgIpc) is 2.74. The van der Waals surface area contributed by atoms with Crippen molar-refractivity contribution in [3.8, 4) is 0 Å². The van der Waals surface area contributed by atoms with Crippen molar-refractivity contribution in [3.05, 3.63) is 35.9 Å². The van der Waals surface area contributed by atoms with Crippen LogP contribution in [0.25, 0.3) is 0 Å². The van der Waals surface area contributed by atoms with Gasteiger partial charge >= 0.3 is 0 Å². The van der Waals surface area contributed by atoms with Gasteiger partial charge in [-0.2, -0.15) is 0 Å². The highest BCUT2D eigenvalue weighted by atomic mass is 16.5. The standard InChI is InChI=1S/C16H24N2O/c1-13-16(8-11-19-13)18-10-5-9-17-15(12-18)14-6-3-2-4-7-14/h2-4,6-7,13,15-17H,5,8-12H2,1H3. The summed E-state index contributed by atoms with van der Waals surface area (Å²) in [6, 6.07) is 11.9. The molecule has 19 heavy (non-hydrogen) atoms. The molecule has 1 aromatic carbocycles. The first-order valence-electron chi connectivity index (χ1n) is 7.48. The molecule has 3 heteroatoms. The van der Waals surface area contributed by atoms with E-state index in [1.54, 1.807) is 0 Å². The van der Waals surface area contributed by atoms with Gasteiger partial charge in [0.2, 0.25) is 0 Å². The molecule has 2 heterocycles. The van der Waals surface area contributed by atoms with Crippen molar-refractivity contribution >= 4 is 0 Å². The fraction of sp³-hybridized carbons (Fsp3) is 0.625. The van der Waals surface area contributed by atoms with Gasteiger partial charge in [0.1, 0.15) is 0 Å². The van der Waals surface area contributed by atoms with Gasteiger partial charge in [-0.25, -0.2) is 0 Å². The van der Waals surface area contributed by atoms with Crippen molar-refractivity contribution in [3.63, 3.8) is 0 Å². The molecule has 2 fully saturated rings. The summed E-state index contributed by atoms with van der Waals surface area (Å²) in [4.78, 5) is 2.63. The Balaban J connectivity index is 1.72. The van der Waals surface area contributed by atoms with E-state index in [2.05, 4.69) is 47.5 Å². The molecular weight excluding hydrogens is 236 g/mol. The summed E-state index contributed by atoms with van der Waals surface area (Å²) in [5.41, 5.74) is 1.40. The minimum absolute atomic E-state index is 0.384. The maximum absolute atomic E-state index is 5.74. The van der Waals surface area contributed by atoms with Crippen LogP contribution in [0.3, 0.4) is 0 Å². The molecule has 1 aromatic rings. The van der Waals surface area contributed by atoms with Crippen LogP contribution in [0.2, 0.25) is 0 Å². The summed E-state index contributed by atoms with van der Waals surface area (Å²) in [7, 11) is 0. The molecule has 0 saturated carbocycles. The van der Waals surface area contributed by atoms with Crippen LogP contribution >= 0.6 is 0 Å². The smallest absolute Gasteiger partial charge is 0.0703 e. The minimum atomic E-state index is 0.384. The number of hydrogen-bond acceptors (Lipinski definition) is 3. The molecule has 2 aliphatic rings. The van der Waals surface area contributed by atoms with Crippen LogP contribution in [-0.4, -0.2) is 43.3 Å². The maximum atomic E-state index is 5.74. The zero-order valence-corrected chi connectivity index (χ0v) is 11.7. The highest BCUT2D eigenvalue weighted by Crippen LogP contribution is 2.24. The average molecular weight is 260 g/mol. The van der Waals surface area contributed by atoms with Gasteiger partial charge in [0.25, 0.3) is 0 Å². The second-order valence-corrected chi connectivity index (χ2v) is 5.70. The van der Waals surface area contributed by atoms with Crippen molar-refractivity contribution < 1.29 is 4.74 Å². The van der Waals surface area contributed by atoms with Crippen LogP contribution in [-0.2, 0) is 4.74 Å².